The maximum atomic E-state index is 13.5. The van der Waals surface area contributed by atoms with Crippen LogP contribution in [0.3, 0.4) is 0 Å². The summed E-state index contributed by atoms with van der Waals surface area (Å²) >= 11 is 0. The molecule has 1 aromatic carbocycles. The molecule has 138 valence electrons. The average molecular weight is 365 g/mol. The summed E-state index contributed by atoms with van der Waals surface area (Å²) in [5, 5.41) is 3.36. The second-order valence-corrected chi connectivity index (χ2v) is 7.81. The lowest BCUT2D eigenvalue weighted by Crippen LogP contribution is -2.54. The molecule has 5 heteroatoms. The second kappa shape index (κ2) is 7.55. The Bertz CT molecular complexity index is 617. The second-order valence-electron chi connectivity index (χ2n) is 7.81. The van der Waals surface area contributed by atoms with E-state index in [1.807, 2.05) is 12.1 Å². The van der Waals surface area contributed by atoms with Crippen molar-refractivity contribution in [2.75, 3.05) is 33.3 Å². The van der Waals surface area contributed by atoms with Crippen LogP contribution < -0.4 is 10.1 Å². The van der Waals surface area contributed by atoms with Crippen molar-refractivity contribution in [1.29, 1.82) is 0 Å². The van der Waals surface area contributed by atoms with Crippen LogP contribution in [0.25, 0.3) is 0 Å². The molecule has 3 unspecified atom stereocenters. The number of hydrogen-bond acceptors (Lipinski definition) is 3. The van der Waals surface area contributed by atoms with Crippen molar-refractivity contribution in [3.63, 3.8) is 0 Å². The molecule has 4 rings (SSSR count). The maximum absolute atomic E-state index is 13.5. The molecular formula is C20H29ClN2O2. The zero-order chi connectivity index (χ0) is 16.6. The van der Waals surface area contributed by atoms with E-state index in [-0.39, 0.29) is 17.8 Å². The van der Waals surface area contributed by atoms with Gasteiger partial charge < -0.3 is 15.0 Å². The van der Waals surface area contributed by atoms with Crippen LogP contribution in [-0.4, -0.2) is 44.1 Å². The first-order chi connectivity index (χ1) is 11.7. The Labute approximate surface area is 156 Å². The summed E-state index contributed by atoms with van der Waals surface area (Å²) in [7, 11) is 1.71. The minimum Gasteiger partial charge on any atom is -0.497 e. The normalized spacial score (nSPS) is 30.8. The van der Waals surface area contributed by atoms with Gasteiger partial charge in [-0.1, -0.05) is 18.6 Å². The molecule has 1 saturated heterocycles. The van der Waals surface area contributed by atoms with E-state index in [1.54, 1.807) is 7.11 Å². The topological polar surface area (TPSA) is 41.6 Å². The highest BCUT2D eigenvalue weighted by atomic mass is 35.5. The number of methoxy groups -OCH3 is 1. The predicted octanol–water partition coefficient (Wildman–Crippen LogP) is 2.90. The Morgan fingerprint density at radius 3 is 2.76 bits per heavy atom. The molecule has 1 N–H and O–H groups in total. The van der Waals surface area contributed by atoms with Gasteiger partial charge in [0.25, 0.3) is 0 Å². The third-order valence-electron chi connectivity index (χ3n) is 6.46. The van der Waals surface area contributed by atoms with Crippen LogP contribution in [-0.2, 0) is 11.2 Å². The van der Waals surface area contributed by atoms with Crippen LogP contribution in [0.15, 0.2) is 24.3 Å². The number of nitrogens with one attached hydrogen (secondary N) is 1. The number of benzene rings is 1. The monoisotopic (exact) mass is 364 g/mol. The first kappa shape index (κ1) is 18.5. The SMILES string of the molecule is COc1cccc(CC2(C(=O)N3CCNCC3)CC3CCC2C3)c1.Cl. The molecule has 1 aromatic rings. The molecular weight excluding hydrogens is 336 g/mol. The number of nitrogens with zero attached hydrogens (tertiary/aromatic N) is 1. The summed E-state index contributed by atoms with van der Waals surface area (Å²) in [5.41, 5.74) is 1.07. The van der Waals surface area contributed by atoms with Gasteiger partial charge in [0, 0.05) is 26.2 Å². The number of halogens is 1. The maximum Gasteiger partial charge on any atom is 0.229 e. The van der Waals surface area contributed by atoms with Crippen LogP contribution in [0, 0.1) is 17.3 Å². The fourth-order valence-corrected chi connectivity index (χ4v) is 5.33. The zero-order valence-corrected chi connectivity index (χ0v) is 15.8. The van der Waals surface area contributed by atoms with Crippen LogP contribution in [0.4, 0.5) is 0 Å². The van der Waals surface area contributed by atoms with Gasteiger partial charge in [-0.15, -0.1) is 12.4 Å². The molecule has 25 heavy (non-hydrogen) atoms. The minimum atomic E-state index is -0.174. The molecule has 2 bridgehead atoms. The number of ether oxygens (including phenoxy) is 1. The summed E-state index contributed by atoms with van der Waals surface area (Å²) in [5.74, 6) is 2.63. The fourth-order valence-electron chi connectivity index (χ4n) is 5.33. The van der Waals surface area contributed by atoms with E-state index in [9.17, 15) is 4.79 Å². The zero-order valence-electron chi connectivity index (χ0n) is 15.0. The van der Waals surface area contributed by atoms with Crippen molar-refractivity contribution in [3.05, 3.63) is 29.8 Å². The van der Waals surface area contributed by atoms with Gasteiger partial charge in [0.2, 0.25) is 5.91 Å². The smallest absolute Gasteiger partial charge is 0.229 e. The summed E-state index contributed by atoms with van der Waals surface area (Å²) in [6.07, 6.45) is 5.75. The Morgan fingerprint density at radius 2 is 2.12 bits per heavy atom. The number of piperazine rings is 1. The summed E-state index contributed by atoms with van der Waals surface area (Å²) in [6, 6.07) is 8.29. The van der Waals surface area contributed by atoms with E-state index < -0.39 is 0 Å². The highest BCUT2D eigenvalue weighted by Crippen LogP contribution is 2.58. The van der Waals surface area contributed by atoms with E-state index in [0.29, 0.717) is 11.8 Å². The van der Waals surface area contributed by atoms with Crippen molar-refractivity contribution >= 4 is 18.3 Å². The van der Waals surface area contributed by atoms with Crippen molar-refractivity contribution in [1.82, 2.24) is 10.2 Å². The Balaban J connectivity index is 0.00000182. The van der Waals surface area contributed by atoms with E-state index in [0.717, 1.165) is 50.7 Å². The number of hydrogen-bond donors (Lipinski definition) is 1. The highest BCUT2D eigenvalue weighted by Gasteiger charge is 2.56. The molecule has 4 nitrogen and oxygen atoms in total. The quantitative estimate of drug-likeness (QED) is 0.893. The van der Waals surface area contributed by atoms with Gasteiger partial charge in [0.15, 0.2) is 0 Å². The molecule has 1 aliphatic heterocycles. The number of amides is 1. The minimum absolute atomic E-state index is 0. The summed E-state index contributed by atoms with van der Waals surface area (Å²) in [4.78, 5) is 15.7. The molecule has 0 spiro atoms. The van der Waals surface area contributed by atoms with Gasteiger partial charge in [0.05, 0.1) is 12.5 Å². The van der Waals surface area contributed by atoms with E-state index in [1.165, 1.54) is 24.8 Å². The first-order valence-electron chi connectivity index (χ1n) is 9.34. The number of fused-ring (bicyclic) bond motifs is 2. The number of rotatable bonds is 4. The van der Waals surface area contributed by atoms with Gasteiger partial charge in [-0.3, -0.25) is 4.79 Å². The van der Waals surface area contributed by atoms with Crippen LogP contribution in [0.2, 0.25) is 0 Å². The Kier molecular flexibility index (Phi) is 5.59. The molecule has 3 aliphatic rings. The molecule has 2 saturated carbocycles. The van der Waals surface area contributed by atoms with Crippen LogP contribution >= 0.6 is 12.4 Å². The molecule has 3 fully saturated rings. The van der Waals surface area contributed by atoms with Gasteiger partial charge in [-0.25, -0.2) is 0 Å². The van der Waals surface area contributed by atoms with Crippen LogP contribution in [0.5, 0.6) is 5.75 Å². The van der Waals surface area contributed by atoms with E-state index in [2.05, 4.69) is 22.3 Å². The van der Waals surface area contributed by atoms with Gasteiger partial charge in [-0.05, 0) is 55.2 Å². The summed E-state index contributed by atoms with van der Waals surface area (Å²) < 4.78 is 5.39. The fraction of sp³-hybridized carbons (Fsp3) is 0.650. The molecule has 3 atom stereocenters. The standard InChI is InChI=1S/C20H28N2O2.ClH/c1-24-18-4-2-3-15(12-18)13-20(14-16-5-6-17(20)11-16)19(23)22-9-7-21-8-10-22;/h2-4,12,16-17,21H,5-11,13-14H2,1H3;1H. The number of carbonyl (C=O) groups excluding carboxylic acids is 1. The van der Waals surface area contributed by atoms with Gasteiger partial charge in [-0.2, -0.15) is 0 Å². The van der Waals surface area contributed by atoms with Gasteiger partial charge >= 0.3 is 0 Å². The van der Waals surface area contributed by atoms with E-state index in [4.69, 9.17) is 4.74 Å². The average Bonchev–Trinajstić information content (AvgIpc) is 3.23. The largest absolute Gasteiger partial charge is 0.497 e. The third kappa shape index (κ3) is 3.39. The number of carbonyl (C=O) groups is 1. The molecule has 2 aliphatic carbocycles. The Morgan fingerprint density at radius 1 is 1.32 bits per heavy atom. The van der Waals surface area contributed by atoms with E-state index >= 15 is 0 Å². The lowest BCUT2D eigenvalue weighted by atomic mass is 9.68. The van der Waals surface area contributed by atoms with Crippen molar-refractivity contribution < 1.29 is 9.53 Å². The lowest BCUT2D eigenvalue weighted by molar-refractivity contribution is -0.146. The van der Waals surface area contributed by atoms with Crippen molar-refractivity contribution in [2.45, 2.75) is 32.1 Å². The third-order valence-corrected chi connectivity index (χ3v) is 6.46. The van der Waals surface area contributed by atoms with Crippen molar-refractivity contribution in [2.24, 2.45) is 17.3 Å². The lowest BCUT2D eigenvalue weighted by Gasteiger charge is -2.42. The van der Waals surface area contributed by atoms with Gasteiger partial charge in [0.1, 0.15) is 5.75 Å². The summed E-state index contributed by atoms with van der Waals surface area (Å²) in [6.45, 7) is 3.57. The predicted molar refractivity (Wildman–Crippen MR) is 101 cm³/mol. The molecule has 0 radical (unpaired) electrons. The molecule has 0 aromatic heterocycles. The Hall–Kier alpha value is -1.26. The molecule has 1 amide bonds. The molecule has 1 heterocycles. The van der Waals surface area contributed by atoms with Crippen molar-refractivity contribution in [3.8, 4) is 5.75 Å². The van der Waals surface area contributed by atoms with Crippen LogP contribution in [0.1, 0.15) is 31.2 Å². The first-order valence-corrected chi connectivity index (χ1v) is 9.34. The highest BCUT2D eigenvalue weighted by molar-refractivity contribution is 5.85.